The lowest BCUT2D eigenvalue weighted by Gasteiger charge is -2.62. The molecule has 0 amide bonds. The lowest BCUT2D eigenvalue weighted by atomic mass is 9.44. The number of carbonyl (C=O) groups is 1. The Morgan fingerprint density at radius 1 is 1.00 bits per heavy atom. The first-order valence-electron chi connectivity index (χ1n) is 10.1. The molecule has 136 valence electrons. The van der Waals surface area contributed by atoms with Gasteiger partial charge >= 0.3 is 0 Å². The summed E-state index contributed by atoms with van der Waals surface area (Å²) < 4.78 is 0. The van der Waals surface area contributed by atoms with Gasteiger partial charge in [0.25, 0.3) is 0 Å². The van der Waals surface area contributed by atoms with E-state index >= 15 is 0 Å². The lowest BCUT2D eigenvalue weighted by Crippen LogP contribution is -2.59. The first kappa shape index (κ1) is 17.0. The van der Waals surface area contributed by atoms with Gasteiger partial charge in [-0.05, 0) is 92.8 Å². The normalized spacial score (nSPS) is 57.0. The maximum absolute atomic E-state index is 12.2. The predicted octanol–water partition coefficient (Wildman–Crippen LogP) is 3.57. The Balaban J connectivity index is 1.67. The number of aliphatic hydroxyl groups excluding tert-OH is 2. The quantitative estimate of drug-likeness (QED) is 0.771. The number of carbonyl (C=O) groups excluding carboxylic acids is 1. The fourth-order valence-electron chi connectivity index (χ4n) is 8.03. The summed E-state index contributed by atoms with van der Waals surface area (Å²) in [5, 5.41) is 21.3. The number of hydrogen-bond acceptors (Lipinski definition) is 3. The predicted molar refractivity (Wildman–Crippen MR) is 93.3 cm³/mol. The fourth-order valence-corrected chi connectivity index (χ4v) is 8.03. The van der Waals surface area contributed by atoms with Gasteiger partial charge in [0.15, 0.2) is 0 Å². The monoisotopic (exact) mass is 334 g/mol. The van der Waals surface area contributed by atoms with Crippen LogP contribution in [-0.4, -0.2) is 28.2 Å². The second-order valence-corrected chi connectivity index (χ2v) is 10.0. The van der Waals surface area contributed by atoms with Crippen LogP contribution < -0.4 is 0 Å². The molecule has 0 bridgehead atoms. The van der Waals surface area contributed by atoms with E-state index in [2.05, 4.69) is 13.8 Å². The van der Waals surface area contributed by atoms with E-state index < -0.39 is 0 Å². The Morgan fingerprint density at radius 2 is 1.75 bits per heavy atom. The Labute approximate surface area is 146 Å². The Bertz CT molecular complexity index is 531. The zero-order valence-electron chi connectivity index (χ0n) is 15.5. The molecule has 9 atom stereocenters. The molecule has 0 spiro atoms. The minimum atomic E-state index is -0.278. The number of aliphatic hydroxyl groups is 2. The summed E-state index contributed by atoms with van der Waals surface area (Å²) in [4.78, 5) is 12.2. The summed E-state index contributed by atoms with van der Waals surface area (Å²) in [5.74, 6) is 2.58. The summed E-state index contributed by atoms with van der Waals surface area (Å²) >= 11 is 0. The van der Waals surface area contributed by atoms with Crippen molar-refractivity contribution in [1.29, 1.82) is 0 Å². The second-order valence-electron chi connectivity index (χ2n) is 10.0. The molecular weight excluding hydrogens is 300 g/mol. The van der Waals surface area contributed by atoms with Gasteiger partial charge in [0.2, 0.25) is 0 Å². The highest BCUT2D eigenvalue weighted by Gasteiger charge is 2.63. The highest BCUT2D eigenvalue weighted by atomic mass is 16.3. The molecule has 24 heavy (non-hydrogen) atoms. The maximum Gasteiger partial charge on any atom is 0.133 e. The van der Waals surface area contributed by atoms with Crippen LogP contribution in [0.1, 0.15) is 72.1 Å². The van der Waals surface area contributed by atoms with Gasteiger partial charge in [-0.1, -0.05) is 13.8 Å². The van der Waals surface area contributed by atoms with Crippen LogP contribution in [0.3, 0.4) is 0 Å². The minimum Gasteiger partial charge on any atom is -0.393 e. The molecule has 0 aromatic heterocycles. The number of fused-ring (bicyclic) bond motifs is 5. The van der Waals surface area contributed by atoms with Gasteiger partial charge in [0, 0.05) is 5.92 Å². The molecule has 4 rings (SSSR count). The smallest absolute Gasteiger partial charge is 0.133 e. The third-order valence-corrected chi connectivity index (χ3v) is 9.06. The van der Waals surface area contributed by atoms with Crippen molar-refractivity contribution >= 4 is 5.78 Å². The molecule has 0 aromatic rings. The zero-order valence-corrected chi connectivity index (χ0v) is 15.5. The largest absolute Gasteiger partial charge is 0.393 e. The summed E-state index contributed by atoms with van der Waals surface area (Å²) in [5.41, 5.74) is 0.182. The van der Waals surface area contributed by atoms with Crippen LogP contribution in [0.2, 0.25) is 0 Å². The van der Waals surface area contributed by atoms with Gasteiger partial charge in [-0.25, -0.2) is 0 Å². The molecule has 4 fully saturated rings. The van der Waals surface area contributed by atoms with Gasteiger partial charge < -0.3 is 10.2 Å². The molecule has 0 aromatic carbocycles. The van der Waals surface area contributed by atoms with Gasteiger partial charge in [0.05, 0.1) is 12.2 Å². The molecule has 3 nitrogen and oxygen atoms in total. The van der Waals surface area contributed by atoms with Crippen LogP contribution in [0.4, 0.5) is 0 Å². The lowest BCUT2D eigenvalue weighted by molar-refractivity contribution is -0.178. The van der Waals surface area contributed by atoms with E-state index in [0.29, 0.717) is 29.5 Å². The average molecular weight is 335 g/mol. The number of rotatable bonds is 1. The van der Waals surface area contributed by atoms with E-state index in [1.807, 2.05) is 0 Å². The van der Waals surface area contributed by atoms with E-state index in [0.717, 1.165) is 38.5 Å². The SMILES string of the molecule is CC(=O)C1CCC2C3CC[C@@H]4CC(O)CC[C@]4(C)C3C(O)C[C@]12C. The van der Waals surface area contributed by atoms with Crippen molar-refractivity contribution in [3.05, 3.63) is 0 Å². The number of ketones is 1. The van der Waals surface area contributed by atoms with Gasteiger partial charge in [0.1, 0.15) is 5.78 Å². The summed E-state index contributed by atoms with van der Waals surface area (Å²) in [6.45, 7) is 6.43. The molecule has 4 aliphatic carbocycles. The molecule has 6 unspecified atom stereocenters. The molecular formula is C21H34O3. The second kappa shape index (κ2) is 5.54. The summed E-state index contributed by atoms with van der Waals surface area (Å²) in [6.07, 6.45) is 7.80. The summed E-state index contributed by atoms with van der Waals surface area (Å²) in [6, 6.07) is 0. The van der Waals surface area contributed by atoms with Crippen molar-refractivity contribution in [3.63, 3.8) is 0 Å². The van der Waals surface area contributed by atoms with Gasteiger partial charge in [-0.3, -0.25) is 4.79 Å². The third kappa shape index (κ3) is 2.19. The molecule has 0 aliphatic heterocycles. The van der Waals surface area contributed by atoms with E-state index in [1.165, 1.54) is 12.8 Å². The van der Waals surface area contributed by atoms with Crippen molar-refractivity contribution in [2.75, 3.05) is 0 Å². The molecule has 2 N–H and O–H groups in total. The van der Waals surface area contributed by atoms with Crippen LogP contribution in [-0.2, 0) is 4.79 Å². The van der Waals surface area contributed by atoms with Crippen LogP contribution in [0.5, 0.6) is 0 Å². The fraction of sp³-hybridized carbons (Fsp3) is 0.952. The molecule has 0 radical (unpaired) electrons. The van der Waals surface area contributed by atoms with Crippen LogP contribution in [0.15, 0.2) is 0 Å². The standard InChI is InChI=1S/C21H34O3/c1-12(22)16-6-7-17-15-5-4-13-10-14(23)8-9-20(13,2)19(15)18(24)11-21(16,17)3/h13-19,23-24H,4-11H2,1-3H3/t13-,14?,15?,16?,17?,18?,19?,20+,21-/m1/s1. The van der Waals surface area contributed by atoms with E-state index in [1.54, 1.807) is 6.92 Å². The molecule has 3 heteroatoms. The van der Waals surface area contributed by atoms with E-state index in [-0.39, 0.29) is 29.0 Å². The van der Waals surface area contributed by atoms with Crippen molar-refractivity contribution in [2.45, 2.75) is 84.3 Å². The van der Waals surface area contributed by atoms with Crippen LogP contribution in [0, 0.1) is 40.4 Å². The molecule has 0 heterocycles. The number of Topliss-reactive ketones (excluding diaryl/α,β-unsaturated/α-hetero) is 1. The molecule has 0 saturated heterocycles. The van der Waals surface area contributed by atoms with Gasteiger partial charge in [-0.15, -0.1) is 0 Å². The highest BCUT2D eigenvalue weighted by molar-refractivity contribution is 5.79. The minimum absolute atomic E-state index is 0.00376. The first-order chi connectivity index (χ1) is 11.3. The topological polar surface area (TPSA) is 57.5 Å². The summed E-state index contributed by atoms with van der Waals surface area (Å²) in [7, 11) is 0. The van der Waals surface area contributed by atoms with Crippen molar-refractivity contribution < 1.29 is 15.0 Å². The van der Waals surface area contributed by atoms with E-state index in [9.17, 15) is 15.0 Å². The average Bonchev–Trinajstić information content (AvgIpc) is 2.84. The maximum atomic E-state index is 12.2. The van der Waals surface area contributed by atoms with E-state index in [4.69, 9.17) is 0 Å². The Kier molecular flexibility index (Phi) is 3.93. The Hall–Kier alpha value is -0.410. The van der Waals surface area contributed by atoms with Crippen molar-refractivity contribution in [3.8, 4) is 0 Å². The first-order valence-corrected chi connectivity index (χ1v) is 10.1. The number of hydrogen-bond donors (Lipinski definition) is 2. The molecule has 4 saturated carbocycles. The van der Waals surface area contributed by atoms with Gasteiger partial charge in [-0.2, -0.15) is 0 Å². The van der Waals surface area contributed by atoms with Crippen LogP contribution >= 0.6 is 0 Å². The van der Waals surface area contributed by atoms with Crippen molar-refractivity contribution in [2.24, 2.45) is 40.4 Å². The Morgan fingerprint density at radius 3 is 2.46 bits per heavy atom. The zero-order chi connectivity index (χ0) is 17.3. The third-order valence-electron chi connectivity index (χ3n) is 9.06. The van der Waals surface area contributed by atoms with Crippen molar-refractivity contribution in [1.82, 2.24) is 0 Å². The highest BCUT2D eigenvalue weighted by Crippen LogP contribution is 2.67. The molecule has 4 aliphatic rings. The van der Waals surface area contributed by atoms with Crippen LogP contribution in [0.25, 0.3) is 0 Å².